The van der Waals surface area contributed by atoms with E-state index in [1.54, 1.807) is 7.11 Å². The SMILES string of the molecule is COc1ccc2nc(SCC(=O)O)n(C3CCOC3)c2c1. The predicted octanol–water partition coefficient (Wildman–Crippen LogP) is 2.18. The highest BCUT2D eigenvalue weighted by Crippen LogP contribution is 2.33. The van der Waals surface area contributed by atoms with Crippen LogP contribution in [-0.4, -0.2) is 46.7 Å². The van der Waals surface area contributed by atoms with Crippen LogP contribution in [0.25, 0.3) is 11.0 Å². The lowest BCUT2D eigenvalue weighted by molar-refractivity contribution is -0.133. The van der Waals surface area contributed by atoms with Gasteiger partial charge in [-0.3, -0.25) is 4.79 Å². The van der Waals surface area contributed by atoms with E-state index in [2.05, 4.69) is 9.55 Å². The van der Waals surface area contributed by atoms with Gasteiger partial charge in [-0.25, -0.2) is 4.98 Å². The van der Waals surface area contributed by atoms with Gasteiger partial charge in [0.1, 0.15) is 5.75 Å². The third-order valence-corrected chi connectivity index (χ3v) is 4.40. The summed E-state index contributed by atoms with van der Waals surface area (Å²) in [5, 5.41) is 9.60. The molecule has 2 aromatic rings. The molecule has 6 nitrogen and oxygen atoms in total. The highest BCUT2D eigenvalue weighted by Gasteiger charge is 2.24. The standard InChI is InChI=1S/C14H16N2O4S/c1-19-10-2-3-11-12(6-10)16(9-4-5-20-7-9)14(15-11)21-8-13(17)18/h2-3,6,9H,4-5,7-8H2,1H3,(H,17,18). The summed E-state index contributed by atoms with van der Waals surface area (Å²) in [7, 11) is 1.63. The molecule has 1 aromatic heterocycles. The van der Waals surface area contributed by atoms with Gasteiger partial charge in [-0.2, -0.15) is 0 Å². The lowest BCUT2D eigenvalue weighted by Crippen LogP contribution is -2.11. The molecule has 1 saturated heterocycles. The Labute approximate surface area is 126 Å². The molecule has 2 heterocycles. The van der Waals surface area contributed by atoms with Crippen LogP contribution in [0.1, 0.15) is 12.5 Å². The van der Waals surface area contributed by atoms with Gasteiger partial charge in [0.25, 0.3) is 0 Å². The molecule has 1 fully saturated rings. The zero-order valence-electron chi connectivity index (χ0n) is 11.6. The number of methoxy groups -OCH3 is 1. The van der Waals surface area contributed by atoms with E-state index in [9.17, 15) is 4.79 Å². The lowest BCUT2D eigenvalue weighted by Gasteiger charge is -2.14. The largest absolute Gasteiger partial charge is 0.497 e. The maximum Gasteiger partial charge on any atom is 0.313 e. The fourth-order valence-electron chi connectivity index (χ4n) is 2.48. The first-order valence-electron chi connectivity index (χ1n) is 6.67. The number of hydrogen-bond donors (Lipinski definition) is 1. The van der Waals surface area contributed by atoms with Crippen molar-refractivity contribution in [2.75, 3.05) is 26.1 Å². The van der Waals surface area contributed by atoms with Crippen molar-refractivity contribution in [3.63, 3.8) is 0 Å². The molecule has 1 N–H and O–H groups in total. The lowest BCUT2D eigenvalue weighted by atomic mass is 10.2. The van der Waals surface area contributed by atoms with Crippen molar-refractivity contribution in [2.24, 2.45) is 0 Å². The van der Waals surface area contributed by atoms with Crippen molar-refractivity contribution >= 4 is 28.8 Å². The van der Waals surface area contributed by atoms with Crippen molar-refractivity contribution in [3.8, 4) is 5.75 Å². The summed E-state index contributed by atoms with van der Waals surface area (Å²) in [6, 6.07) is 5.88. The molecule has 1 unspecified atom stereocenters. The number of carboxylic acids is 1. The molecule has 21 heavy (non-hydrogen) atoms. The van der Waals surface area contributed by atoms with Crippen LogP contribution in [0.3, 0.4) is 0 Å². The van der Waals surface area contributed by atoms with E-state index in [0.29, 0.717) is 6.61 Å². The number of aromatic nitrogens is 2. The van der Waals surface area contributed by atoms with E-state index >= 15 is 0 Å². The summed E-state index contributed by atoms with van der Waals surface area (Å²) < 4.78 is 12.8. The van der Waals surface area contributed by atoms with Crippen molar-refractivity contribution in [3.05, 3.63) is 18.2 Å². The number of imidazole rings is 1. The van der Waals surface area contributed by atoms with Gasteiger partial charge >= 0.3 is 5.97 Å². The zero-order valence-corrected chi connectivity index (χ0v) is 12.4. The van der Waals surface area contributed by atoms with Crippen LogP contribution in [0, 0.1) is 0 Å². The Balaban J connectivity index is 2.06. The molecule has 0 aliphatic carbocycles. The molecular weight excluding hydrogens is 292 g/mol. The van der Waals surface area contributed by atoms with E-state index in [1.807, 2.05) is 18.2 Å². The quantitative estimate of drug-likeness (QED) is 0.854. The number of aliphatic carboxylic acids is 1. The number of carboxylic acid groups (broad SMARTS) is 1. The maximum absolute atomic E-state index is 10.8. The second kappa shape index (κ2) is 5.95. The fraction of sp³-hybridized carbons (Fsp3) is 0.429. The second-order valence-electron chi connectivity index (χ2n) is 4.82. The highest BCUT2D eigenvalue weighted by molar-refractivity contribution is 7.99. The number of hydrogen-bond acceptors (Lipinski definition) is 5. The van der Waals surface area contributed by atoms with Crippen LogP contribution in [0.15, 0.2) is 23.4 Å². The Kier molecular flexibility index (Phi) is 4.03. The van der Waals surface area contributed by atoms with Crippen LogP contribution in [0.4, 0.5) is 0 Å². The third kappa shape index (κ3) is 2.84. The van der Waals surface area contributed by atoms with Crippen molar-refractivity contribution in [1.29, 1.82) is 0 Å². The highest BCUT2D eigenvalue weighted by atomic mass is 32.2. The van der Waals surface area contributed by atoms with E-state index in [-0.39, 0.29) is 11.8 Å². The molecule has 1 aliphatic rings. The van der Waals surface area contributed by atoms with Crippen LogP contribution in [-0.2, 0) is 9.53 Å². The number of carbonyl (C=O) groups is 1. The molecule has 0 saturated carbocycles. The van der Waals surface area contributed by atoms with Gasteiger partial charge in [0.05, 0.1) is 36.5 Å². The Hall–Kier alpha value is -1.73. The van der Waals surface area contributed by atoms with Gasteiger partial charge in [0.2, 0.25) is 0 Å². The van der Waals surface area contributed by atoms with Gasteiger partial charge in [0, 0.05) is 12.7 Å². The molecule has 1 atom stereocenters. The molecule has 0 amide bonds. The van der Waals surface area contributed by atoms with Crippen LogP contribution in [0.2, 0.25) is 0 Å². The number of fused-ring (bicyclic) bond motifs is 1. The molecule has 1 aromatic carbocycles. The normalized spacial score (nSPS) is 18.2. The first kappa shape index (κ1) is 14.2. The molecule has 112 valence electrons. The molecule has 1 aliphatic heterocycles. The number of nitrogens with zero attached hydrogens (tertiary/aromatic N) is 2. The van der Waals surface area contributed by atoms with Gasteiger partial charge in [-0.1, -0.05) is 11.8 Å². The summed E-state index contributed by atoms with van der Waals surface area (Å²) >= 11 is 1.24. The average Bonchev–Trinajstić information content (AvgIpc) is 3.10. The van der Waals surface area contributed by atoms with Crippen LogP contribution >= 0.6 is 11.8 Å². The van der Waals surface area contributed by atoms with Gasteiger partial charge < -0.3 is 19.1 Å². The molecule has 0 bridgehead atoms. The van der Waals surface area contributed by atoms with Crippen molar-refractivity contribution in [2.45, 2.75) is 17.6 Å². The summed E-state index contributed by atoms with van der Waals surface area (Å²) in [4.78, 5) is 15.4. The first-order chi connectivity index (χ1) is 10.2. The first-order valence-corrected chi connectivity index (χ1v) is 7.66. The van der Waals surface area contributed by atoms with Gasteiger partial charge in [-0.15, -0.1) is 0 Å². The molecule has 7 heteroatoms. The predicted molar refractivity (Wildman–Crippen MR) is 79.1 cm³/mol. The van der Waals surface area contributed by atoms with E-state index in [0.717, 1.165) is 35.0 Å². The molecule has 3 rings (SSSR count). The van der Waals surface area contributed by atoms with E-state index < -0.39 is 5.97 Å². The summed E-state index contributed by atoms with van der Waals surface area (Å²) in [6.07, 6.45) is 0.906. The van der Waals surface area contributed by atoms with Crippen molar-refractivity contribution < 1.29 is 19.4 Å². The van der Waals surface area contributed by atoms with Gasteiger partial charge in [0.15, 0.2) is 5.16 Å². The zero-order chi connectivity index (χ0) is 14.8. The van der Waals surface area contributed by atoms with E-state index in [4.69, 9.17) is 14.6 Å². The average molecular weight is 308 g/mol. The number of ether oxygens (including phenoxy) is 2. The van der Waals surface area contributed by atoms with E-state index in [1.165, 1.54) is 11.8 Å². The number of thioether (sulfide) groups is 1. The molecular formula is C14H16N2O4S. The Bertz CT molecular complexity index is 664. The Morgan fingerprint density at radius 1 is 1.62 bits per heavy atom. The number of rotatable bonds is 5. The minimum absolute atomic E-state index is 0.00592. The Morgan fingerprint density at radius 2 is 2.48 bits per heavy atom. The summed E-state index contributed by atoms with van der Waals surface area (Å²) in [6.45, 7) is 1.35. The minimum atomic E-state index is -0.848. The Morgan fingerprint density at radius 3 is 3.14 bits per heavy atom. The minimum Gasteiger partial charge on any atom is -0.497 e. The number of benzene rings is 1. The second-order valence-corrected chi connectivity index (χ2v) is 5.76. The third-order valence-electron chi connectivity index (χ3n) is 3.46. The monoisotopic (exact) mass is 308 g/mol. The maximum atomic E-state index is 10.8. The topological polar surface area (TPSA) is 73.6 Å². The smallest absolute Gasteiger partial charge is 0.313 e. The summed E-state index contributed by atoms with van der Waals surface area (Å²) in [5.41, 5.74) is 1.80. The fourth-order valence-corrected chi connectivity index (χ4v) is 3.29. The van der Waals surface area contributed by atoms with Crippen LogP contribution < -0.4 is 4.74 Å². The van der Waals surface area contributed by atoms with Gasteiger partial charge in [-0.05, 0) is 18.6 Å². The molecule has 0 radical (unpaired) electrons. The van der Waals surface area contributed by atoms with Crippen LogP contribution in [0.5, 0.6) is 5.75 Å². The molecule has 0 spiro atoms. The summed E-state index contributed by atoms with van der Waals surface area (Å²) in [5.74, 6) is -0.0928. The van der Waals surface area contributed by atoms with Crippen molar-refractivity contribution in [1.82, 2.24) is 9.55 Å².